The molecule has 1 amide bonds. The van der Waals surface area contributed by atoms with Gasteiger partial charge in [0.2, 0.25) is 0 Å². The van der Waals surface area contributed by atoms with Crippen molar-refractivity contribution in [3.63, 3.8) is 0 Å². The number of carbonyl (C=O) groups excluding carboxylic acids is 1. The second-order valence-electron chi connectivity index (χ2n) is 8.46. The van der Waals surface area contributed by atoms with Gasteiger partial charge in [0.05, 0.1) is 17.2 Å². The molecule has 0 aromatic heterocycles. The standard InChI is InChI=1S/C29H28Cl2N2O3S/c1-4-14-33-28(34)27(37-29(33)32-23-11-6-19(3)7-12-23)16-20-8-13-25(26(15-20)35-5-2)36-18-21-9-10-22(30)17-24(21)31/h6-13,15-17H,4-5,14,18H2,1-3H3/b27-16+,32-29?. The van der Waals surface area contributed by atoms with Gasteiger partial charge in [-0.1, -0.05) is 60.0 Å². The van der Waals surface area contributed by atoms with Crippen LogP contribution in [0.15, 0.2) is 70.6 Å². The Morgan fingerprint density at radius 1 is 0.973 bits per heavy atom. The number of amides is 1. The quantitative estimate of drug-likeness (QED) is 0.249. The van der Waals surface area contributed by atoms with E-state index in [0.29, 0.717) is 44.8 Å². The van der Waals surface area contributed by atoms with Gasteiger partial charge in [0, 0.05) is 22.2 Å². The Balaban J connectivity index is 1.57. The first kappa shape index (κ1) is 27.1. The minimum absolute atomic E-state index is 0.0478. The summed E-state index contributed by atoms with van der Waals surface area (Å²) in [6.07, 6.45) is 2.71. The van der Waals surface area contributed by atoms with Crippen molar-refractivity contribution in [2.75, 3.05) is 13.2 Å². The number of hydrogen-bond donors (Lipinski definition) is 0. The Kier molecular flexibility index (Phi) is 9.19. The number of carbonyl (C=O) groups is 1. The van der Waals surface area contributed by atoms with Gasteiger partial charge in [-0.05, 0) is 80.1 Å². The summed E-state index contributed by atoms with van der Waals surface area (Å²) < 4.78 is 11.9. The number of aliphatic imine (C=N–C) groups is 1. The Bertz CT molecular complexity index is 1340. The van der Waals surface area contributed by atoms with Crippen LogP contribution in [0.1, 0.15) is 37.0 Å². The van der Waals surface area contributed by atoms with Gasteiger partial charge in [-0.15, -0.1) is 0 Å². The predicted molar refractivity (Wildman–Crippen MR) is 154 cm³/mol. The van der Waals surface area contributed by atoms with Gasteiger partial charge < -0.3 is 9.47 Å². The number of amidine groups is 1. The van der Waals surface area contributed by atoms with E-state index < -0.39 is 0 Å². The van der Waals surface area contributed by atoms with Crippen molar-refractivity contribution >= 4 is 57.8 Å². The first-order valence-electron chi connectivity index (χ1n) is 12.1. The highest BCUT2D eigenvalue weighted by molar-refractivity contribution is 8.18. The number of benzene rings is 3. The Hall–Kier alpha value is -2.93. The molecule has 1 aliphatic heterocycles. The zero-order chi connectivity index (χ0) is 26.4. The highest BCUT2D eigenvalue weighted by atomic mass is 35.5. The molecule has 0 unspecified atom stereocenters. The zero-order valence-corrected chi connectivity index (χ0v) is 23.3. The van der Waals surface area contributed by atoms with Crippen LogP contribution in [0.2, 0.25) is 10.0 Å². The lowest BCUT2D eigenvalue weighted by atomic mass is 10.1. The molecule has 4 rings (SSSR count). The van der Waals surface area contributed by atoms with Crippen LogP contribution in [0.5, 0.6) is 11.5 Å². The molecule has 0 spiro atoms. The summed E-state index contributed by atoms with van der Waals surface area (Å²) in [5.74, 6) is 1.14. The van der Waals surface area contributed by atoms with Crippen molar-refractivity contribution in [2.24, 2.45) is 4.99 Å². The summed E-state index contributed by atoms with van der Waals surface area (Å²) in [7, 11) is 0. The Morgan fingerprint density at radius 3 is 2.46 bits per heavy atom. The molecular weight excluding hydrogens is 527 g/mol. The average molecular weight is 556 g/mol. The third-order valence-electron chi connectivity index (χ3n) is 5.56. The third kappa shape index (κ3) is 6.89. The van der Waals surface area contributed by atoms with Crippen molar-refractivity contribution in [3.8, 4) is 11.5 Å². The van der Waals surface area contributed by atoms with E-state index in [0.717, 1.165) is 23.2 Å². The number of thioether (sulfide) groups is 1. The normalized spacial score (nSPS) is 15.6. The molecule has 1 heterocycles. The van der Waals surface area contributed by atoms with Gasteiger partial charge in [-0.25, -0.2) is 4.99 Å². The second kappa shape index (κ2) is 12.5. The molecule has 192 valence electrons. The van der Waals surface area contributed by atoms with E-state index >= 15 is 0 Å². The minimum atomic E-state index is -0.0478. The summed E-state index contributed by atoms with van der Waals surface area (Å²) in [4.78, 5) is 20.3. The van der Waals surface area contributed by atoms with E-state index in [2.05, 4.69) is 0 Å². The molecule has 0 radical (unpaired) electrons. The van der Waals surface area contributed by atoms with Gasteiger partial charge in [0.15, 0.2) is 16.7 Å². The lowest BCUT2D eigenvalue weighted by Crippen LogP contribution is -2.29. The number of rotatable bonds is 9. The number of ether oxygens (including phenoxy) is 2. The van der Waals surface area contributed by atoms with E-state index in [-0.39, 0.29) is 12.5 Å². The molecule has 1 aliphatic rings. The van der Waals surface area contributed by atoms with Gasteiger partial charge in [0.25, 0.3) is 5.91 Å². The maximum atomic E-state index is 13.2. The maximum absolute atomic E-state index is 13.2. The van der Waals surface area contributed by atoms with Crippen LogP contribution in [-0.2, 0) is 11.4 Å². The molecule has 0 aliphatic carbocycles. The lowest BCUT2D eigenvalue weighted by Gasteiger charge is -2.14. The molecule has 0 saturated carbocycles. The number of halogens is 2. The van der Waals surface area contributed by atoms with Crippen LogP contribution in [-0.4, -0.2) is 29.1 Å². The average Bonchev–Trinajstić information content (AvgIpc) is 3.15. The largest absolute Gasteiger partial charge is 0.490 e. The molecule has 0 atom stereocenters. The molecule has 3 aromatic carbocycles. The monoisotopic (exact) mass is 554 g/mol. The maximum Gasteiger partial charge on any atom is 0.266 e. The van der Waals surface area contributed by atoms with Gasteiger partial charge in [0.1, 0.15) is 6.61 Å². The molecule has 8 heteroatoms. The van der Waals surface area contributed by atoms with Crippen LogP contribution < -0.4 is 9.47 Å². The van der Waals surface area contributed by atoms with Crippen molar-refractivity contribution in [2.45, 2.75) is 33.8 Å². The predicted octanol–water partition coefficient (Wildman–Crippen LogP) is 8.29. The molecule has 0 bridgehead atoms. The fraction of sp³-hybridized carbons (Fsp3) is 0.241. The van der Waals surface area contributed by atoms with E-state index in [4.69, 9.17) is 37.7 Å². The second-order valence-corrected chi connectivity index (χ2v) is 10.3. The molecule has 0 N–H and O–H groups in total. The topological polar surface area (TPSA) is 51.1 Å². The first-order valence-corrected chi connectivity index (χ1v) is 13.7. The fourth-order valence-electron chi connectivity index (χ4n) is 3.69. The molecule has 3 aromatic rings. The van der Waals surface area contributed by atoms with Crippen LogP contribution in [0.25, 0.3) is 6.08 Å². The number of nitrogens with zero attached hydrogens (tertiary/aromatic N) is 2. The fourth-order valence-corrected chi connectivity index (χ4v) is 5.18. The smallest absolute Gasteiger partial charge is 0.266 e. The van der Waals surface area contributed by atoms with Crippen molar-refractivity contribution < 1.29 is 14.3 Å². The highest BCUT2D eigenvalue weighted by Crippen LogP contribution is 2.36. The lowest BCUT2D eigenvalue weighted by molar-refractivity contribution is -0.122. The van der Waals surface area contributed by atoms with Crippen LogP contribution in [0, 0.1) is 6.92 Å². The van der Waals surface area contributed by atoms with Gasteiger partial charge in [-0.3, -0.25) is 9.69 Å². The van der Waals surface area contributed by atoms with E-state index in [1.165, 1.54) is 17.3 Å². The van der Waals surface area contributed by atoms with Crippen molar-refractivity contribution in [3.05, 3.63) is 92.3 Å². The summed E-state index contributed by atoms with van der Waals surface area (Å²) in [6, 6.07) is 18.9. The first-order chi connectivity index (χ1) is 17.9. The SMILES string of the molecule is CCCN1C(=O)/C(=C\c2ccc(OCc3ccc(Cl)cc3Cl)c(OCC)c2)SC1=Nc1ccc(C)cc1. The molecular formula is C29H28Cl2N2O3S. The zero-order valence-electron chi connectivity index (χ0n) is 21.0. The van der Waals surface area contributed by atoms with Crippen molar-refractivity contribution in [1.29, 1.82) is 0 Å². The summed E-state index contributed by atoms with van der Waals surface area (Å²) in [5, 5.41) is 1.81. The van der Waals surface area contributed by atoms with Crippen molar-refractivity contribution in [1.82, 2.24) is 4.90 Å². The molecule has 1 saturated heterocycles. The summed E-state index contributed by atoms with van der Waals surface area (Å²) >= 11 is 13.7. The number of aryl methyl sites for hydroxylation is 1. The van der Waals surface area contributed by atoms with E-state index in [1.807, 2.05) is 75.4 Å². The van der Waals surface area contributed by atoms with Gasteiger partial charge >= 0.3 is 0 Å². The summed E-state index contributed by atoms with van der Waals surface area (Å²) in [5.41, 5.74) is 3.65. The summed E-state index contributed by atoms with van der Waals surface area (Å²) in [6.45, 7) is 7.36. The van der Waals surface area contributed by atoms with E-state index in [1.54, 1.807) is 17.0 Å². The van der Waals surface area contributed by atoms with Crippen LogP contribution in [0.4, 0.5) is 5.69 Å². The third-order valence-corrected chi connectivity index (χ3v) is 7.15. The number of hydrogen-bond acceptors (Lipinski definition) is 5. The molecule has 1 fully saturated rings. The highest BCUT2D eigenvalue weighted by Gasteiger charge is 2.32. The molecule has 5 nitrogen and oxygen atoms in total. The van der Waals surface area contributed by atoms with E-state index in [9.17, 15) is 4.79 Å². The van der Waals surface area contributed by atoms with Crippen LogP contribution in [0.3, 0.4) is 0 Å². The molecule has 37 heavy (non-hydrogen) atoms. The van der Waals surface area contributed by atoms with Gasteiger partial charge in [-0.2, -0.15) is 0 Å². The Labute approximate surface area is 232 Å². The van der Waals surface area contributed by atoms with Crippen LogP contribution >= 0.6 is 35.0 Å². The Morgan fingerprint density at radius 2 is 1.76 bits per heavy atom. The minimum Gasteiger partial charge on any atom is -0.490 e.